The first-order valence-electron chi connectivity index (χ1n) is 3.24. The van der Waals surface area contributed by atoms with Crippen molar-refractivity contribution in [1.82, 2.24) is 10.9 Å². The molecule has 0 radical (unpaired) electrons. The summed E-state index contributed by atoms with van der Waals surface area (Å²) < 4.78 is 13.8. The van der Waals surface area contributed by atoms with Crippen molar-refractivity contribution in [2.45, 2.75) is 0 Å². The molecular weight excluding hydrogens is 136 g/mol. The number of carbonyl (C=O) groups excluding carboxylic acids is 2. The largest absolute Gasteiger partial charge is 0.291 e. The van der Waals surface area contributed by atoms with Crippen molar-refractivity contribution in [3.05, 3.63) is 12.1 Å². The molecule has 2 amide bonds. The molecule has 0 heterocycles. The van der Waals surface area contributed by atoms with Gasteiger partial charge < -0.3 is 0 Å². The Labute approximate surface area is 60.0 Å². The molecule has 6 N–H and O–H groups in total. The summed E-state index contributed by atoms with van der Waals surface area (Å²) >= 11 is 0. The van der Waals surface area contributed by atoms with Gasteiger partial charge in [0.1, 0.15) is 0 Å². The zero-order chi connectivity index (χ0) is 9.72. The van der Waals surface area contributed by atoms with Gasteiger partial charge in [-0.25, -0.2) is 11.7 Å². The molecular formula is C4H8N4O2. The molecule has 0 aliphatic carbocycles. The van der Waals surface area contributed by atoms with Crippen LogP contribution in [0.25, 0.3) is 0 Å². The lowest BCUT2D eigenvalue weighted by molar-refractivity contribution is -0.118. The van der Waals surface area contributed by atoms with Gasteiger partial charge in [-0.2, -0.15) is 0 Å². The zero-order valence-corrected chi connectivity index (χ0v) is 4.97. The Balaban J connectivity index is 4.68. The molecule has 10 heavy (non-hydrogen) atoms. The molecule has 0 atom stereocenters. The number of carbonyl (C=O) groups is 2. The summed E-state index contributed by atoms with van der Waals surface area (Å²) in [7, 11) is 0. The summed E-state index contributed by atoms with van der Waals surface area (Å²) in [6, 6.07) is -1.69. The highest BCUT2D eigenvalue weighted by atomic mass is 16.2. The predicted octanol–water partition coefficient (Wildman–Crippen LogP) is -2.48. The molecule has 0 spiro atoms. The highest BCUT2D eigenvalue weighted by Crippen LogP contribution is 1.70. The van der Waals surface area contributed by atoms with Crippen molar-refractivity contribution >= 4 is 11.8 Å². The standard InChI is InChI=1S/C4H8N4O2/c5-7-3(9)1-2-4(10)8-6/h1-2H,5-6H2,(H,7,9)(H,8,10)/b2-1-/i1D,2D. The Hall–Kier alpha value is -1.40. The minimum absolute atomic E-state index is 0.847. The maximum absolute atomic E-state index is 10.6. The van der Waals surface area contributed by atoms with Gasteiger partial charge in [-0.3, -0.25) is 20.4 Å². The third kappa shape index (κ3) is 3.58. The summed E-state index contributed by atoms with van der Waals surface area (Å²) in [5, 5.41) is 0. The second-order valence-electron chi connectivity index (χ2n) is 1.20. The molecule has 0 aliphatic heterocycles. The summed E-state index contributed by atoms with van der Waals surface area (Å²) in [5.41, 5.74) is 3.20. The van der Waals surface area contributed by atoms with Crippen molar-refractivity contribution in [1.29, 1.82) is 0 Å². The molecule has 0 aromatic heterocycles. The van der Waals surface area contributed by atoms with Crippen LogP contribution in [0.5, 0.6) is 0 Å². The van der Waals surface area contributed by atoms with Gasteiger partial charge in [0.25, 0.3) is 11.8 Å². The van der Waals surface area contributed by atoms with Gasteiger partial charge in [0.2, 0.25) is 0 Å². The molecule has 0 rings (SSSR count). The number of hydrogen-bond acceptors (Lipinski definition) is 4. The lowest BCUT2D eigenvalue weighted by atomic mass is 10.4. The van der Waals surface area contributed by atoms with E-state index in [9.17, 15) is 9.59 Å². The Bertz CT molecular complexity index is 215. The Morgan fingerprint density at radius 1 is 1.20 bits per heavy atom. The molecule has 56 valence electrons. The molecule has 6 nitrogen and oxygen atoms in total. The second kappa shape index (κ2) is 4.48. The van der Waals surface area contributed by atoms with E-state index in [1.165, 1.54) is 0 Å². The van der Waals surface area contributed by atoms with Crippen LogP contribution < -0.4 is 22.5 Å². The minimum atomic E-state index is -1.02. The maximum Gasteiger partial charge on any atom is 0.258 e. The highest BCUT2D eigenvalue weighted by molar-refractivity contribution is 5.96. The zero-order valence-electron chi connectivity index (χ0n) is 6.97. The van der Waals surface area contributed by atoms with Crippen LogP contribution in [0.4, 0.5) is 0 Å². The van der Waals surface area contributed by atoms with Crippen LogP contribution in [0.15, 0.2) is 12.1 Å². The molecule has 0 unspecified atom stereocenters. The lowest BCUT2D eigenvalue weighted by Crippen LogP contribution is -2.30. The number of nitrogens with two attached hydrogens (primary N) is 2. The van der Waals surface area contributed by atoms with Crippen LogP contribution in [0.3, 0.4) is 0 Å². The van der Waals surface area contributed by atoms with Gasteiger partial charge >= 0.3 is 0 Å². The van der Waals surface area contributed by atoms with E-state index < -0.39 is 23.9 Å². The Kier molecular flexibility index (Phi) is 2.41. The van der Waals surface area contributed by atoms with Crippen molar-refractivity contribution in [3.63, 3.8) is 0 Å². The normalized spacial score (nSPS) is 14.2. The molecule has 0 saturated carbocycles. The Morgan fingerprint density at radius 2 is 1.50 bits per heavy atom. The van der Waals surface area contributed by atoms with Crippen LogP contribution in [0, 0.1) is 0 Å². The second-order valence-corrected chi connectivity index (χ2v) is 1.20. The third-order valence-corrected chi connectivity index (χ3v) is 0.552. The van der Waals surface area contributed by atoms with Crippen LogP contribution >= 0.6 is 0 Å². The summed E-state index contributed by atoms with van der Waals surface area (Å²) in [6.45, 7) is 0. The van der Waals surface area contributed by atoms with E-state index in [2.05, 4.69) is 11.7 Å². The maximum atomic E-state index is 10.6. The van der Waals surface area contributed by atoms with Crippen LogP contribution in [0.2, 0.25) is 0 Å². The fourth-order valence-corrected chi connectivity index (χ4v) is 0.186. The van der Waals surface area contributed by atoms with Gasteiger partial charge in [-0.1, -0.05) is 0 Å². The van der Waals surface area contributed by atoms with Crippen molar-refractivity contribution in [2.75, 3.05) is 0 Å². The molecule has 0 aliphatic rings. The SMILES string of the molecule is [2H]/C(C(=O)NN)=C(\[2H])C(=O)NN. The molecule has 0 saturated heterocycles. The first-order valence-corrected chi connectivity index (χ1v) is 2.24. The van der Waals surface area contributed by atoms with Crippen LogP contribution in [-0.4, -0.2) is 11.8 Å². The van der Waals surface area contributed by atoms with Gasteiger partial charge in [-0.05, 0) is 0 Å². The minimum Gasteiger partial charge on any atom is -0.291 e. The van der Waals surface area contributed by atoms with E-state index in [1.54, 1.807) is 10.9 Å². The fraction of sp³-hybridized carbons (Fsp3) is 0. The number of amides is 2. The van der Waals surface area contributed by atoms with E-state index >= 15 is 0 Å². The van der Waals surface area contributed by atoms with Crippen molar-refractivity contribution < 1.29 is 12.3 Å². The molecule has 0 aromatic carbocycles. The summed E-state index contributed by atoms with van der Waals surface area (Å²) in [4.78, 5) is 21.1. The first-order chi connectivity index (χ1) is 5.54. The number of hydrazine groups is 2. The quantitative estimate of drug-likeness (QED) is 0.150. The van der Waals surface area contributed by atoms with Crippen LogP contribution in [-0.2, 0) is 9.59 Å². The topological polar surface area (TPSA) is 110 Å². The summed E-state index contributed by atoms with van der Waals surface area (Å²) in [5.74, 6) is 7.26. The van der Waals surface area contributed by atoms with Gasteiger partial charge in [0.15, 0.2) is 0 Å². The molecule has 0 aromatic rings. The molecule has 6 heteroatoms. The smallest absolute Gasteiger partial charge is 0.258 e. The highest BCUT2D eigenvalue weighted by Gasteiger charge is 1.91. The van der Waals surface area contributed by atoms with Gasteiger partial charge in [0, 0.05) is 12.1 Å². The number of hydrogen-bond donors (Lipinski definition) is 4. The molecule has 0 fully saturated rings. The fourth-order valence-electron chi connectivity index (χ4n) is 0.186. The van der Waals surface area contributed by atoms with E-state index in [1.807, 2.05) is 0 Å². The monoisotopic (exact) mass is 146 g/mol. The first kappa shape index (κ1) is 5.39. The number of nitrogens with one attached hydrogen (secondary N) is 2. The van der Waals surface area contributed by atoms with E-state index in [0.29, 0.717) is 0 Å². The van der Waals surface area contributed by atoms with Crippen LogP contribution in [0.1, 0.15) is 2.74 Å². The van der Waals surface area contributed by atoms with Crippen molar-refractivity contribution in [3.8, 4) is 0 Å². The van der Waals surface area contributed by atoms with Gasteiger partial charge in [0.05, 0.1) is 2.74 Å². The third-order valence-electron chi connectivity index (χ3n) is 0.552. The molecule has 0 bridgehead atoms. The van der Waals surface area contributed by atoms with E-state index in [0.717, 1.165) is 0 Å². The Morgan fingerprint density at radius 3 is 1.70 bits per heavy atom. The average Bonchev–Trinajstić information content (AvgIpc) is 2.12. The van der Waals surface area contributed by atoms with E-state index in [4.69, 9.17) is 2.74 Å². The number of rotatable bonds is 2. The predicted molar refractivity (Wildman–Crippen MR) is 33.8 cm³/mol. The van der Waals surface area contributed by atoms with E-state index in [-0.39, 0.29) is 0 Å². The summed E-state index contributed by atoms with van der Waals surface area (Å²) in [6.07, 6.45) is 0. The average molecular weight is 146 g/mol. The lowest BCUT2D eigenvalue weighted by Gasteiger charge is -1.89. The van der Waals surface area contributed by atoms with Crippen molar-refractivity contribution in [2.24, 2.45) is 11.7 Å². The van der Waals surface area contributed by atoms with Gasteiger partial charge in [-0.15, -0.1) is 0 Å².